The first kappa shape index (κ1) is 45.4. The molecule has 2 aromatic rings. The molecule has 6 atom stereocenters. The number of amides is 4. The second-order valence-electron chi connectivity index (χ2n) is 19.7. The summed E-state index contributed by atoms with van der Waals surface area (Å²) in [6.07, 6.45) is 3.09. The number of ether oxygens (including phenoxy) is 4. The van der Waals surface area contributed by atoms with Crippen molar-refractivity contribution in [2.75, 3.05) is 13.3 Å². The molecule has 16 nitrogen and oxygen atoms in total. The van der Waals surface area contributed by atoms with Crippen LogP contribution in [0, 0.1) is 28.6 Å². The fourth-order valence-electron chi connectivity index (χ4n) is 10.2. The minimum absolute atomic E-state index is 0.0513. The zero-order valence-corrected chi connectivity index (χ0v) is 37.9. The summed E-state index contributed by atoms with van der Waals surface area (Å²) in [4.78, 5) is 88.1. The standard InChI is InChI=1S/C47H60N4O12S/c1-5-31-22-47(31,43(55)49-64(58,59)34-16-17-34)23-38(53)36-20-33(63-45(57)50-24-29-18-39-40(61-27-60-39)19-30(29)25-50)26-51(36)42(54)35(46(2,3)4)21-37(52)41(28-12-8-6-9-13-28)48-44(56)62-32-14-10-7-11-15-32/h7,10-11,14-15,18-19,28,31,33-36,41H,5-6,8-9,12-13,16-17,20-27H2,1-4H3,(H,48,56)(H,49,55)/t31-,33+,35+,36?,41-,47-/m0/s1. The molecular weight excluding hydrogens is 845 g/mol. The lowest BCUT2D eigenvalue weighted by molar-refractivity contribution is -0.146. The lowest BCUT2D eigenvalue weighted by atomic mass is 9.74. The van der Waals surface area contributed by atoms with Crippen LogP contribution < -0.4 is 24.2 Å². The largest absolute Gasteiger partial charge is 0.454 e. The van der Waals surface area contributed by atoms with E-state index in [0.717, 1.165) is 30.4 Å². The highest BCUT2D eigenvalue weighted by molar-refractivity contribution is 7.90. The number of carbonyl (C=O) groups is 6. The molecule has 64 heavy (non-hydrogen) atoms. The molecular formula is C47H60N4O12S. The fraction of sp³-hybridized carbons (Fsp3) is 0.617. The monoisotopic (exact) mass is 904 g/mol. The van der Waals surface area contributed by atoms with Gasteiger partial charge in [-0.25, -0.2) is 18.0 Å². The highest BCUT2D eigenvalue weighted by atomic mass is 32.2. The summed E-state index contributed by atoms with van der Waals surface area (Å²) in [6, 6.07) is 10.2. The van der Waals surface area contributed by atoms with Gasteiger partial charge in [0.25, 0.3) is 0 Å². The molecule has 2 aromatic carbocycles. The molecule has 3 heterocycles. The number of sulfonamides is 1. The van der Waals surface area contributed by atoms with E-state index in [0.29, 0.717) is 55.8 Å². The third-order valence-electron chi connectivity index (χ3n) is 14.2. The number of hydrogen-bond acceptors (Lipinski definition) is 12. The number of nitrogens with zero attached hydrogens (tertiary/aromatic N) is 2. The maximum absolute atomic E-state index is 15.1. The van der Waals surface area contributed by atoms with Gasteiger partial charge in [0.2, 0.25) is 28.6 Å². The minimum atomic E-state index is -3.89. The van der Waals surface area contributed by atoms with Crippen LogP contribution in [0.25, 0.3) is 0 Å². The number of para-hydroxylation sites is 1. The average molecular weight is 905 g/mol. The summed E-state index contributed by atoms with van der Waals surface area (Å²) in [5.74, 6) is -1.85. The van der Waals surface area contributed by atoms with Crippen molar-refractivity contribution in [3.05, 3.63) is 53.6 Å². The Morgan fingerprint density at radius 1 is 0.922 bits per heavy atom. The molecule has 0 radical (unpaired) electrons. The maximum Gasteiger partial charge on any atom is 0.413 e. The number of carbonyl (C=O) groups excluding carboxylic acids is 6. The number of hydrogen-bond donors (Lipinski definition) is 2. The first-order chi connectivity index (χ1) is 30.5. The van der Waals surface area contributed by atoms with Crippen LogP contribution >= 0.6 is 0 Å². The molecule has 4 amide bonds. The van der Waals surface area contributed by atoms with Gasteiger partial charge in [0.1, 0.15) is 11.9 Å². The fourth-order valence-corrected chi connectivity index (χ4v) is 11.5. The van der Waals surface area contributed by atoms with Crippen LogP contribution in [0.4, 0.5) is 9.59 Å². The van der Waals surface area contributed by atoms with Gasteiger partial charge in [0.15, 0.2) is 23.1 Å². The molecule has 6 aliphatic rings. The van der Waals surface area contributed by atoms with Crippen molar-refractivity contribution in [2.24, 2.45) is 28.6 Å². The Morgan fingerprint density at radius 2 is 1.58 bits per heavy atom. The molecule has 3 aliphatic carbocycles. The van der Waals surface area contributed by atoms with Crippen LogP contribution in [0.1, 0.15) is 116 Å². The number of nitrogens with one attached hydrogen (secondary N) is 2. The van der Waals surface area contributed by atoms with E-state index < -0.39 is 80.0 Å². The van der Waals surface area contributed by atoms with Gasteiger partial charge in [-0.05, 0) is 84.7 Å². The van der Waals surface area contributed by atoms with Crippen molar-refractivity contribution in [3.8, 4) is 17.2 Å². The van der Waals surface area contributed by atoms with Gasteiger partial charge in [-0.3, -0.25) is 28.8 Å². The van der Waals surface area contributed by atoms with Crippen LogP contribution in [-0.4, -0.2) is 90.6 Å². The van der Waals surface area contributed by atoms with Gasteiger partial charge in [-0.2, -0.15) is 0 Å². The topological polar surface area (TPSA) is 204 Å². The Hall–Kier alpha value is -5.19. The van der Waals surface area contributed by atoms with Crippen LogP contribution in [0.5, 0.6) is 17.2 Å². The predicted molar refractivity (Wildman–Crippen MR) is 231 cm³/mol. The number of rotatable bonds is 15. The van der Waals surface area contributed by atoms with Crippen molar-refractivity contribution in [2.45, 2.75) is 141 Å². The highest BCUT2D eigenvalue weighted by Crippen LogP contribution is 2.58. The van der Waals surface area contributed by atoms with Crippen molar-refractivity contribution in [1.82, 2.24) is 19.8 Å². The summed E-state index contributed by atoms with van der Waals surface area (Å²) in [5.41, 5.74) is -0.314. The molecule has 0 bridgehead atoms. The van der Waals surface area contributed by atoms with E-state index >= 15 is 4.79 Å². The van der Waals surface area contributed by atoms with Gasteiger partial charge >= 0.3 is 12.2 Å². The number of likely N-dealkylation sites (tertiary alicyclic amines) is 1. The highest BCUT2D eigenvalue weighted by Gasteiger charge is 2.62. The second kappa shape index (κ2) is 18.0. The van der Waals surface area contributed by atoms with Crippen molar-refractivity contribution in [3.63, 3.8) is 0 Å². The first-order valence-corrected chi connectivity index (χ1v) is 24.3. The summed E-state index contributed by atoms with van der Waals surface area (Å²) in [6.45, 7) is 7.89. The van der Waals surface area contributed by atoms with Crippen LogP contribution in [-0.2, 0) is 47.0 Å². The molecule has 3 saturated carbocycles. The summed E-state index contributed by atoms with van der Waals surface area (Å²) >= 11 is 0. The third-order valence-corrected chi connectivity index (χ3v) is 16.0. The minimum Gasteiger partial charge on any atom is -0.454 e. The second-order valence-corrected chi connectivity index (χ2v) is 21.6. The summed E-state index contributed by atoms with van der Waals surface area (Å²) < 4.78 is 50.7. The van der Waals surface area contributed by atoms with E-state index in [2.05, 4.69) is 10.0 Å². The van der Waals surface area contributed by atoms with E-state index in [9.17, 15) is 32.4 Å². The number of benzene rings is 2. The summed E-state index contributed by atoms with van der Waals surface area (Å²) in [7, 11) is -3.89. The van der Waals surface area contributed by atoms with Gasteiger partial charge in [0, 0.05) is 38.3 Å². The summed E-state index contributed by atoms with van der Waals surface area (Å²) in [5, 5.41) is 2.20. The van der Waals surface area contributed by atoms with Gasteiger partial charge in [0.05, 0.1) is 29.3 Å². The number of fused-ring (bicyclic) bond motifs is 2. The number of Topliss-reactive ketones (excluding diaryl/α,β-unsaturated/α-hetero) is 2. The normalized spacial score (nSPS) is 24.9. The molecule has 0 aromatic heterocycles. The molecule has 4 fully saturated rings. The van der Waals surface area contributed by atoms with Crippen molar-refractivity contribution in [1.29, 1.82) is 0 Å². The average Bonchev–Trinajstić information content (AvgIpc) is 4.09. The Bertz CT molecular complexity index is 2240. The molecule has 17 heteroatoms. The SMILES string of the molecule is CC[C@H]1C[C@@]1(CC(=O)C1C[C@@H](OC(=O)N2Cc3cc4c(cc3C2)OCO4)CN1C(=O)[C@@H](CC(=O)[C@@H](NC(=O)Oc1ccccc1)C1CCCCC1)C(C)(C)C)C(=O)NS(=O)(=O)C1CC1. The third kappa shape index (κ3) is 9.74. The van der Waals surface area contributed by atoms with E-state index in [1.807, 2.05) is 39.8 Å². The van der Waals surface area contributed by atoms with Crippen LogP contribution in [0.15, 0.2) is 42.5 Å². The van der Waals surface area contributed by atoms with E-state index in [4.69, 9.17) is 18.9 Å². The molecule has 346 valence electrons. The molecule has 0 spiro atoms. The lowest BCUT2D eigenvalue weighted by Crippen LogP contribution is -2.51. The van der Waals surface area contributed by atoms with Gasteiger partial charge in [-0.15, -0.1) is 0 Å². The molecule has 1 unspecified atom stereocenters. The van der Waals surface area contributed by atoms with Crippen LogP contribution in [0.2, 0.25) is 0 Å². The molecule has 8 rings (SSSR count). The van der Waals surface area contributed by atoms with Crippen molar-refractivity contribution < 1.29 is 56.1 Å². The Kier molecular flexibility index (Phi) is 12.8. The Balaban J connectivity index is 1.03. The first-order valence-electron chi connectivity index (χ1n) is 22.8. The Morgan fingerprint density at radius 3 is 2.17 bits per heavy atom. The molecule has 1 saturated heterocycles. The lowest BCUT2D eigenvalue weighted by Gasteiger charge is -2.36. The van der Waals surface area contributed by atoms with Crippen LogP contribution in [0.3, 0.4) is 0 Å². The van der Waals surface area contributed by atoms with E-state index in [1.54, 1.807) is 30.3 Å². The quantitative estimate of drug-likeness (QED) is 0.206. The van der Waals surface area contributed by atoms with E-state index in [1.165, 1.54) is 9.80 Å². The molecule has 3 aliphatic heterocycles. The zero-order chi connectivity index (χ0) is 45.6. The number of ketones is 2. The maximum atomic E-state index is 15.1. The predicted octanol–water partition coefficient (Wildman–Crippen LogP) is 6.18. The zero-order valence-electron chi connectivity index (χ0n) is 37.1. The van der Waals surface area contributed by atoms with E-state index in [-0.39, 0.29) is 63.3 Å². The Labute approximate surface area is 374 Å². The molecule has 2 N–H and O–H groups in total. The van der Waals surface area contributed by atoms with Gasteiger partial charge in [-0.1, -0.05) is 71.6 Å². The van der Waals surface area contributed by atoms with Crippen molar-refractivity contribution >= 4 is 45.6 Å². The smallest absolute Gasteiger partial charge is 0.413 e. The van der Waals surface area contributed by atoms with Gasteiger partial charge < -0.3 is 29.2 Å².